The molecule has 3 heteroatoms. The summed E-state index contributed by atoms with van der Waals surface area (Å²) >= 11 is 1.83. The van der Waals surface area contributed by atoms with Crippen LogP contribution in [-0.2, 0) is 4.79 Å². The topological polar surface area (TPSA) is 20.3 Å². The van der Waals surface area contributed by atoms with Gasteiger partial charge < -0.3 is 0 Å². The average molecular weight is 269 g/mol. The molecule has 1 amide bonds. The Morgan fingerprint density at radius 1 is 0.947 bits per heavy atom. The zero-order chi connectivity index (χ0) is 13.1. The molecule has 2 aromatic rings. The second-order valence-corrected chi connectivity index (χ2v) is 5.67. The van der Waals surface area contributed by atoms with E-state index in [2.05, 4.69) is 12.1 Å². The highest BCUT2D eigenvalue weighted by atomic mass is 32.2. The van der Waals surface area contributed by atoms with Crippen LogP contribution in [0.25, 0.3) is 0 Å². The minimum Gasteiger partial charge on any atom is -0.296 e. The van der Waals surface area contributed by atoms with Gasteiger partial charge >= 0.3 is 0 Å². The van der Waals surface area contributed by atoms with Crippen molar-refractivity contribution in [2.45, 2.75) is 11.8 Å². The van der Waals surface area contributed by atoms with Crippen molar-refractivity contribution in [3.05, 3.63) is 66.2 Å². The maximum atomic E-state index is 12.3. The van der Waals surface area contributed by atoms with Gasteiger partial charge in [0, 0.05) is 17.9 Å². The molecule has 1 unspecified atom stereocenters. The highest BCUT2D eigenvalue weighted by Crippen LogP contribution is 2.40. The number of nitrogens with zero attached hydrogens (tertiary/aromatic N) is 1. The van der Waals surface area contributed by atoms with E-state index in [1.165, 1.54) is 5.56 Å². The van der Waals surface area contributed by atoms with Gasteiger partial charge in [0.2, 0.25) is 5.91 Å². The molecular weight excluding hydrogens is 254 g/mol. The summed E-state index contributed by atoms with van der Waals surface area (Å²) in [4.78, 5) is 14.2. The molecule has 0 spiro atoms. The molecule has 19 heavy (non-hydrogen) atoms. The van der Waals surface area contributed by atoms with Crippen molar-refractivity contribution in [2.24, 2.45) is 0 Å². The van der Waals surface area contributed by atoms with Gasteiger partial charge in [0.05, 0.1) is 0 Å². The van der Waals surface area contributed by atoms with E-state index >= 15 is 0 Å². The number of para-hydroxylation sites is 1. The second kappa shape index (κ2) is 5.49. The molecule has 1 aliphatic heterocycles. The standard InChI is InChI=1S/C16H15NOS/c18-15-11-12-19-16(13-7-3-1-4-8-13)17(15)14-9-5-2-6-10-14/h1-10,16H,11-12H2. The molecule has 1 aliphatic rings. The summed E-state index contributed by atoms with van der Waals surface area (Å²) in [6, 6.07) is 20.2. The van der Waals surface area contributed by atoms with E-state index in [0.29, 0.717) is 6.42 Å². The largest absolute Gasteiger partial charge is 0.296 e. The number of hydrogen-bond acceptors (Lipinski definition) is 2. The van der Waals surface area contributed by atoms with E-state index in [1.807, 2.05) is 65.2 Å². The first-order valence-corrected chi connectivity index (χ1v) is 7.45. The first-order valence-electron chi connectivity index (χ1n) is 6.40. The summed E-state index contributed by atoms with van der Waals surface area (Å²) in [6.07, 6.45) is 0.614. The Hall–Kier alpha value is -1.74. The molecule has 1 saturated heterocycles. The maximum absolute atomic E-state index is 12.3. The minimum absolute atomic E-state index is 0.0878. The Morgan fingerprint density at radius 2 is 1.58 bits per heavy atom. The lowest BCUT2D eigenvalue weighted by Crippen LogP contribution is -2.37. The molecule has 1 fully saturated rings. The van der Waals surface area contributed by atoms with Crippen molar-refractivity contribution in [3.8, 4) is 0 Å². The van der Waals surface area contributed by atoms with Crippen LogP contribution in [0.3, 0.4) is 0 Å². The SMILES string of the molecule is O=C1CCSC(c2ccccc2)N1c1ccccc1. The van der Waals surface area contributed by atoms with Crippen molar-refractivity contribution >= 4 is 23.4 Å². The van der Waals surface area contributed by atoms with Gasteiger partial charge in [-0.05, 0) is 17.7 Å². The van der Waals surface area contributed by atoms with Gasteiger partial charge in [-0.1, -0.05) is 48.5 Å². The van der Waals surface area contributed by atoms with E-state index in [-0.39, 0.29) is 11.3 Å². The summed E-state index contributed by atoms with van der Waals surface area (Å²) in [5.41, 5.74) is 2.16. The van der Waals surface area contributed by atoms with Gasteiger partial charge in [-0.15, -0.1) is 11.8 Å². The summed E-state index contributed by atoms with van der Waals surface area (Å²) in [5, 5.41) is 0.0878. The van der Waals surface area contributed by atoms with E-state index in [4.69, 9.17) is 0 Å². The predicted molar refractivity (Wildman–Crippen MR) is 80.2 cm³/mol. The van der Waals surface area contributed by atoms with Gasteiger partial charge in [-0.2, -0.15) is 0 Å². The Kier molecular flexibility index (Phi) is 3.56. The molecule has 3 rings (SSSR count). The lowest BCUT2D eigenvalue weighted by molar-refractivity contribution is -0.118. The summed E-state index contributed by atoms with van der Waals surface area (Å²) in [5.74, 6) is 1.10. The summed E-state index contributed by atoms with van der Waals surface area (Å²) in [6.45, 7) is 0. The fraction of sp³-hybridized carbons (Fsp3) is 0.188. The number of carbonyl (C=O) groups excluding carboxylic acids is 1. The van der Waals surface area contributed by atoms with Gasteiger partial charge in [0.15, 0.2) is 0 Å². The number of carbonyl (C=O) groups is 1. The molecule has 0 aromatic heterocycles. The van der Waals surface area contributed by atoms with Crippen LogP contribution in [0.4, 0.5) is 5.69 Å². The third-order valence-electron chi connectivity index (χ3n) is 3.21. The Balaban J connectivity index is 1.99. The highest BCUT2D eigenvalue weighted by Gasteiger charge is 2.30. The Morgan fingerprint density at radius 3 is 2.26 bits per heavy atom. The van der Waals surface area contributed by atoms with Crippen LogP contribution in [0.1, 0.15) is 17.4 Å². The van der Waals surface area contributed by atoms with Crippen LogP contribution in [0.5, 0.6) is 0 Å². The monoisotopic (exact) mass is 269 g/mol. The number of amides is 1. The van der Waals surface area contributed by atoms with Crippen molar-refractivity contribution < 1.29 is 4.79 Å². The quantitative estimate of drug-likeness (QED) is 0.825. The van der Waals surface area contributed by atoms with Crippen molar-refractivity contribution in [2.75, 3.05) is 10.7 Å². The zero-order valence-electron chi connectivity index (χ0n) is 10.5. The van der Waals surface area contributed by atoms with Crippen LogP contribution in [0, 0.1) is 0 Å². The number of rotatable bonds is 2. The zero-order valence-corrected chi connectivity index (χ0v) is 11.3. The second-order valence-electron chi connectivity index (χ2n) is 4.48. The van der Waals surface area contributed by atoms with E-state index in [0.717, 1.165) is 11.4 Å². The van der Waals surface area contributed by atoms with Crippen LogP contribution < -0.4 is 4.90 Å². The molecule has 0 saturated carbocycles. The Bertz CT molecular complexity index is 555. The Labute approximate surface area is 117 Å². The maximum Gasteiger partial charge on any atom is 0.229 e. The first kappa shape index (κ1) is 12.3. The molecule has 1 heterocycles. The molecule has 2 aromatic carbocycles. The number of anilines is 1. The van der Waals surface area contributed by atoms with E-state index in [9.17, 15) is 4.79 Å². The number of benzene rings is 2. The van der Waals surface area contributed by atoms with Crippen LogP contribution >= 0.6 is 11.8 Å². The molecule has 96 valence electrons. The molecule has 2 nitrogen and oxygen atoms in total. The number of hydrogen-bond donors (Lipinski definition) is 0. The third kappa shape index (κ3) is 2.51. The van der Waals surface area contributed by atoms with Crippen LogP contribution in [0.2, 0.25) is 0 Å². The summed E-state index contributed by atoms with van der Waals surface area (Å²) in [7, 11) is 0. The molecular formula is C16H15NOS. The lowest BCUT2D eigenvalue weighted by Gasteiger charge is -2.35. The van der Waals surface area contributed by atoms with Crippen molar-refractivity contribution in [1.82, 2.24) is 0 Å². The normalized spacial score (nSPS) is 19.5. The predicted octanol–water partition coefficient (Wildman–Crippen LogP) is 3.86. The highest BCUT2D eigenvalue weighted by molar-refractivity contribution is 7.99. The van der Waals surface area contributed by atoms with Crippen molar-refractivity contribution in [1.29, 1.82) is 0 Å². The smallest absolute Gasteiger partial charge is 0.229 e. The van der Waals surface area contributed by atoms with Gasteiger partial charge in [-0.3, -0.25) is 9.69 Å². The average Bonchev–Trinajstić information content (AvgIpc) is 2.49. The van der Waals surface area contributed by atoms with Gasteiger partial charge in [-0.25, -0.2) is 0 Å². The summed E-state index contributed by atoms with van der Waals surface area (Å²) < 4.78 is 0. The lowest BCUT2D eigenvalue weighted by atomic mass is 10.1. The third-order valence-corrected chi connectivity index (χ3v) is 4.45. The molecule has 0 radical (unpaired) electrons. The van der Waals surface area contributed by atoms with E-state index < -0.39 is 0 Å². The molecule has 0 aliphatic carbocycles. The van der Waals surface area contributed by atoms with Crippen LogP contribution in [-0.4, -0.2) is 11.7 Å². The van der Waals surface area contributed by atoms with Gasteiger partial charge in [0.25, 0.3) is 0 Å². The van der Waals surface area contributed by atoms with Crippen LogP contribution in [0.15, 0.2) is 60.7 Å². The first-order chi connectivity index (χ1) is 9.36. The van der Waals surface area contributed by atoms with Gasteiger partial charge in [0.1, 0.15) is 5.37 Å². The fourth-order valence-electron chi connectivity index (χ4n) is 2.31. The molecule has 1 atom stereocenters. The molecule has 0 bridgehead atoms. The van der Waals surface area contributed by atoms with Crippen molar-refractivity contribution in [3.63, 3.8) is 0 Å². The fourth-order valence-corrected chi connectivity index (χ4v) is 3.57. The van der Waals surface area contributed by atoms with E-state index in [1.54, 1.807) is 0 Å². The molecule has 0 N–H and O–H groups in total. The minimum atomic E-state index is 0.0878. The number of thioether (sulfide) groups is 1.